The minimum Gasteiger partial charge on any atom is -0.368 e. The minimum absolute atomic E-state index is 0.0680. The molecule has 176 valence electrons. The molecule has 0 spiro atoms. The van der Waals surface area contributed by atoms with E-state index < -0.39 is 34.8 Å². The summed E-state index contributed by atoms with van der Waals surface area (Å²) in [5.41, 5.74) is 12.7. The Morgan fingerprint density at radius 2 is 1.75 bits per heavy atom. The summed E-state index contributed by atoms with van der Waals surface area (Å²) in [6.07, 6.45) is 0.740. The van der Waals surface area contributed by atoms with Gasteiger partial charge in [0.15, 0.2) is 5.03 Å². The monoisotopic (exact) mass is 469 g/mol. The minimum atomic E-state index is -1.01. The number of hydrogen-bond acceptors (Lipinski definition) is 6. The van der Waals surface area contributed by atoms with Gasteiger partial charge in [0.05, 0.1) is 0 Å². The molecule has 0 aliphatic heterocycles. The fraction of sp³-hybridized carbons (Fsp3) is 0.474. The molecule has 0 unspecified atom stereocenters. The van der Waals surface area contributed by atoms with Gasteiger partial charge in [0.1, 0.15) is 12.1 Å². The molecule has 7 N–H and O–H groups in total. The maximum absolute atomic E-state index is 12.8. The van der Waals surface area contributed by atoms with Gasteiger partial charge in [0.25, 0.3) is 11.9 Å². The van der Waals surface area contributed by atoms with Crippen LogP contribution in [0.4, 0.5) is 0 Å². The van der Waals surface area contributed by atoms with Crippen molar-refractivity contribution >= 4 is 35.3 Å². The zero-order valence-corrected chi connectivity index (χ0v) is 18.6. The van der Waals surface area contributed by atoms with Crippen LogP contribution in [0.15, 0.2) is 29.3 Å². The van der Waals surface area contributed by atoms with Crippen LogP contribution in [-0.2, 0) is 9.59 Å². The smallest absolute Gasteiger partial charge is 0.251 e. The van der Waals surface area contributed by atoms with Crippen molar-refractivity contribution in [2.75, 3.05) is 6.54 Å². The number of nitrogens with one attached hydrogen (secondary N) is 3. The van der Waals surface area contributed by atoms with Crippen LogP contribution < -0.4 is 27.5 Å². The number of guanidine groups is 1. The number of carbonyl (C=O) groups excluding carboxylic acids is 3. The van der Waals surface area contributed by atoms with E-state index in [-0.39, 0.29) is 31.3 Å². The predicted molar refractivity (Wildman–Crippen MR) is 119 cm³/mol. The molecule has 0 saturated carbocycles. The SMILES string of the molecule is CC(C)C[C@H](NC(=O)[C@H](CCCN=C(N)N[N+](=O)[O-])NC(=O)c1ccc(Cl)cc1)C(N)=O. The first kappa shape index (κ1) is 26.6. The zero-order chi connectivity index (χ0) is 24.3. The number of aliphatic imine (C=N–C) groups is 1. The number of nitrogens with zero attached hydrogens (tertiary/aromatic N) is 2. The van der Waals surface area contributed by atoms with Crippen LogP contribution in [0, 0.1) is 16.0 Å². The number of hydrazine groups is 1. The maximum Gasteiger partial charge on any atom is 0.251 e. The largest absolute Gasteiger partial charge is 0.368 e. The van der Waals surface area contributed by atoms with Crippen LogP contribution in [0.25, 0.3) is 0 Å². The normalized spacial score (nSPS) is 13.2. The van der Waals surface area contributed by atoms with Gasteiger partial charge in [-0.15, -0.1) is 0 Å². The van der Waals surface area contributed by atoms with Gasteiger partial charge in [0.2, 0.25) is 11.8 Å². The number of nitrogens with two attached hydrogens (primary N) is 2. The first-order valence-electron chi connectivity index (χ1n) is 9.86. The molecule has 1 aromatic carbocycles. The quantitative estimate of drug-likeness (QED) is 0.0955. The third-order valence-corrected chi connectivity index (χ3v) is 4.49. The molecule has 0 saturated heterocycles. The van der Waals surface area contributed by atoms with Crippen LogP contribution in [-0.4, -0.2) is 47.3 Å². The van der Waals surface area contributed by atoms with E-state index in [1.165, 1.54) is 24.3 Å². The van der Waals surface area contributed by atoms with Crippen molar-refractivity contribution in [3.05, 3.63) is 45.0 Å². The Bertz CT molecular complexity index is 845. The Morgan fingerprint density at radius 3 is 2.28 bits per heavy atom. The molecular formula is C19H28ClN7O5. The second-order valence-corrected chi connectivity index (χ2v) is 7.84. The van der Waals surface area contributed by atoms with Crippen molar-refractivity contribution < 1.29 is 19.4 Å². The van der Waals surface area contributed by atoms with E-state index in [1.54, 1.807) is 5.43 Å². The van der Waals surface area contributed by atoms with E-state index in [4.69, 9.17) is 23.1 Å². The first-order chi connectivity index (χ1) is 15.0. The van der Waals surface area contributed by atoms with Crippen molar-refractivity contribution in [3.8, 4) is 0 Å². The third kappa shape index (κ3) is 10.1. The highest BCUT2D eigenvalue weighted by atomic mass is 35.5. The molecule has 0 heterocycles. The Kier molecular flexibility index (Phi) is 10.9. The highest BCUT2D eigenvalue weighted by Crippen LogP contribution is 2.11. The van der Waals surface area contributed by atoms with Crippen LogP contribution in [0.3, 0.4) is 0 Å². The summed E-state index contributed by atoms with van der Waals surface area (Å²) in [5.74, 6) is -2.07. The number of nitro groups is 1. The number of rotatable bonds is 12. The van der Waals surface area contributed by atoms with Gasteiger partial charge in [-0.05, 0) is 49.4 Å². The first-order valence-corrected chi connectivity index (χ1v) is 10.2. The summed E-state index contributed by atoms with van der Waals surface area (Å²) in [6, 6.07) is 4.19. The van der Waals surface area contributed by atoms with E-state index in [0.717, 1.165) is 0 Å². The lowest BCUT2D eigenvalue weighted by Gasteiger charge is -2.23. The number of hydrogen-bond donors (Lipinski definition) is 5. The highest BCUT2D eigenvalue weighted by Gasteiger charge is 2.26. The van der Waals surface area contributed by atoms with Gasteiger partial charge in [0, 0.05) is 17.1 Å². The number of amides is 3. The molecule has 0 aromatic heterocycles. The Labute approximate surface area is 190 Å². The molecule has 0 aliphatic rings. The van der Waals surface area contributed by atoms with Crippen molar-refractivity contribution in [1.82, 2.24) is 16.1 Å². The maximum atomic E-state index is 12.8. The highest BCUT2D eigenvalue weighted by molar-refractivity contribution is 6.30. The van der Waals surface area contributed by atoms with Crippen LogP contribution in [0.1, 0.15) is 43.5 Å². The number of primary amides is 1. The standard InChI is InChI=1S/C19H28ClN7O5/c1-11(2)10-15(16(21)28)25-18(30)14(4-3-9-23-19(22)26-27(31)32)24-17(29)12-5-7-13(20)8-6-12/h5-8,11,14-15H,3-4,9-10H2,1-2H3,(H2,21,28)(H,24,29)(H,25,30)(H3,22,23,26)/t14-,15-/m0/s1. The van der Waals surface area contributed by atoms with E-state index in [1.807, 2.05) is 13.8 Å². The number of halogens is 1. The zero-order valence-electron chi connectivity index (χ0n) is 17.8. The molecule has 3 amide bonds. The summed E-state index contributed by atoms with van der Waals surface area (Å²) in [7, 11) is 0. The fourth-order valence-electron chi connectivity index (χ4n) is 2.73. The Hall–Kier alpha value is -3.41. The molecule has 0 aliphatic carbocycles. The van der Waals surface area contributed by atoms with Crippen molar-refractivity contribution in [1.29, 1.82) is 0 Å². The topological polar surface area (TPSA) is 195 Å². The Balaban J connectivity index is 2.89. The van der Waals surface area contributed by atoms with Gasteiger partial charge in [-0.3, -0.25) is 14.4 Å². The van der Waals surface area contributed by atoms with Crippen molar-refractivity contribution in [2.24, 2.45) is 22.4 Å². The van der Waals surface area contributed by atoms with E-state index in [0.29, 0.717) is 17.0 Å². The van der Waals surface area contributed by atoms with E-state index in [9.17, 15) is 24.5 Å². The van der Waals surface area contributed by atoms with Gasteiger partial charge >= 0.3 is 0 Å². The van der Waals surface area contributed by atoms with Gasteiger partial charge < -0.3 is 22.1 Å². The lowest BCUT2D eigenvalue weighted by atomic mass is 10.0. The molecule has 1 rings (SSSR count). The second kappa shape index (κ2) is 13.1. The second-order valence-electron chi connectivity index (χ2n) is 7.40. The van der Waals surface area contributed by atoms with Gasteiger partial charge in [-0.1, -0.05) is 30.9 Å². The summed E-state index contributed by atoms with van der Waals surface area (Å²) in [4.78, 5) is 51.2. The van der Waals surface area contributed by atoms with Crippen LogP contribution >= 0.6 is 11.6 Å². The fourth-order valence-corrected chi connectivity index (χ4v) is 2.85. The molecule has 32 heavy (non-hydrogen) atoms. The lowest BCUT2D eigenvalue weighted by molar-refractivity contribution is -0.525. The molecule has 0 radical (unpaired) electrons. The van der Waals surface area contributed by atoms with Gasteiger partial charge in [-0.25, -0.2) is 15.1 Å². The van der Waals surface area contributed by atoms with Gasteiger partial charge in [-0.2, -0.15) is 0 Å². The molecule has 0 bridgehead atoms. The van der Waals surface area contributed by atoms with E-state index >= 15 is 0 Å². The average molecular weight is 470 g/mol. The summed E-state index contributed by atoms with van der Waals surface area (Å²) >= 11 is 5.83. The van der Waals surface area contributed by atoms with Crippen LogP contribution in [0.5, 0.6) is 0 Å². The van der Waals surface area contributed by atoms with Crippen LogP contribution in [0.2, 0.25) is 5.02 Å². The molecule has 1 aromatic rings. The third-order valence-electron chi connectivity index (χ3n) is 4.23. The summed E-state index contributed by atoms with van der Waals surface area (Å²) < 4.78 is 0. The molecule has 0 fully saturated rings. The van der Waals surface area contributed by atoms with Crippen molar-refractivity contribution in [3.63, 3.8) is 0 Å². The molecule has 2 atom stereocenters. The van der Waals surface area contributed by atoms with Crippen molar-refractivity contribution in [2.45, 2.75) is 45.2 Å². The molecular weight excluding hydrogens is 442 g/mol. The predicted octanol–water partition coefficient (Wildman–Crippen LogP) is 0.331. The number of carbonyl (C=O) groups is 3. The lowest BCUT2D eigenvalue weighted by Crippen LogP contribution is -2.53. The van der Waals surface area contributed by atoms with E-state index in [2.05, 4.69) is 15.6 Å². The summed E-state index contributed by atoms with van der Waals surface area (Å²) in [6.45, 7) is 3.82. The molecule has 12 nitrogen and oxygen atoms in total. The Morgan fingerprint density at radius 1 is 1.12 bits per heavy atom. The average Bonchev–Trinajstić information content (AvgIpc) is 2.69. The molecule has 13 heteroatoms. The number of benzene rings is 1. The summed E-state index contributed by atoms with van der Waals surface area (Å²) in [5, 5.41) is 15.1.